The Morgan fingerprint density at radius 2 is 1.38 bits per heavy atom. The van der Waals surface area contributed by atoms with Gasteiger partial charge in [-0.25, -0.2) is 0 Å². The Bertz CT molecular complexity index is 677. The van der Waals surface area contributed by atoms with Gasteiger partial charge in [0.1, 0.15) is 5.78 Å². The Labute approximate surface area is 199 Å². The van der Waals surface area contributed by atoms with Gasteiger partial charge in [0.05, 0.1) is 6.04 Å². The normalized spacial score (nSPS) is 21.0. The molecule has 1 rings (SSSR count). The molecule has 0 amide bonds. The van der Waals surface area contributed by atoms with Crippen LogP contribution in [0.4, 0.5) is 0 Å². The molecule has 3 nitrogen and oxygen atoms in total. The minimum absolute atomic E-state index is 0.0217. The summed E-state index contributed by atoms with van der Waals surface area (Å²) in [5.41, 5.74) is 5.84. The van der Waals surface area contributed by atoms with E-state index in [0.29, 0.717) is 11.8 Å². The molecule has 1 saturated heterocycles. The summed E-state index contributed by atoms with van der Waals surface area (Å²) in [6.45, 7) is 17.8. The Hall–Kier alpha value is -1.45. The molecule has 1 aliphatic rings. The molecule has 1 fully saturated rings. The summed E-state index contributed by atoms with van der Waals surface area (Å²) in [5.74, 6) is 0.293. The lowest BCUT2D eigenvalue weighted by Gasteiger charge is -2.40. The predicted octanol–water partition coefficient (Wildman–Crippen LogP) is 7.16. The third kappa shape index (κ3) is 12.0. The molecule has 0 aromatic rings. The second kappa shape index (κ2) is 16.2. The standard InChI is InChI=1S/C29H50N2O/c1-8-12-28-29(27(7)32)31(22-20-30-28)21-19-26(6)18-11-17-25(5)16-10-15-24(4)14-9-13-23(2)3/h13,15,17,19,28-30H,8-12,14,16,18,20-22H2,1-7H3. The summed E-state index contributed by atoms with van der Waals surface area (Å²) in [6, 6.07) is 0.323. The molecule has 1 heterocycles. The van der Waals surface area contributed by atoms with Crippen molar-refractivity contribution in [3.05, 3.63) is 46.6 Å². The van der Waals surface area contributed by atoms with Crippen molar-refractivity contribution in [2.24, 2.45) is 0 Å². The highest BCUT2D eigenvalue weighted by molar-refractivity contribution is 5.82. The monoisotopic (exact) mass is 442 g/mol. The van der Waals surface area contributed by atoms with Gasteiger partial charge in [-0.15, -0.1) is 0 Å². The summed E-state index contributed by atoms with van der Waals surface area (Å²) >= 11 is 0. The molecule has 2 unspecified atom stereocenters. The number of hydrogen-bond acceptors (Lipinski definition) is 3. The Morgan fingerprint density at radius 3 is 1.88 bits per heavy atom. The first-order chi connectivity index (χ1) is 15.2. The Balaban J connectivity index is 2.42. The highest BCUT2D eigenvalue weighted by Crippen LogP contribution is 2.17. The van der Waals surface area contributed by atoms with E-state index in [9.17, 15) is 4.79 Å². The zero-order valence-corrected chi connectivity index (χ0v) is 22.1. The molecule has 0 saturated carbocycles. The average Bonchev–Trinajstić information content (AvgIpc) is 2.72. The summed E-state index contributed by atoms with van der Waals surface area (Å²) in [4.78, 5) is 14.6. The van der Waals surface area contributed by atoms with Gasteiger partial charge in [-0.3, -0.25) is 9.69 Å². The number of rotatable bonds is 14. The van der Waals surface area contributed by atoms with Crippen LogP contribution < -0.4 is 5.32 Å². The van der Waals surface area contributed by atoms with E-state index in [1.807, 2.05) is 0 Å². The third-order valence-electron chi connectivity index (χ3n) is 6.42. The molecule has 0 aromatic carbocycles. The van der Waals surface area contributed by atoms with Gasteiger partial charge in [-0.1, -0.05) is 59.9 Å². The van der Waals surface area contributed by atoms with Gasteiger partial charge < -0.3 is 5.32 Å². The van der Waals surface area contributed by atoms with E-state index in [-0.39, 0.29) is 6.04 Å². The molecule has 32 heavy (non-hydrogen) atoms. The first-order valence-electron chi connectivity index (χ1n) is 12.8. The van der Waals surface area contributed by atoms with Crippen molar-refractivity contribution in [2.75, 3.05) is 19.6 Å². The second-order valence-corrected chi connectivity index (χ2v) is 9.95. The van der Waals surface area contributed by atoms with E-state index < -0.39 is 0 Å². The van der Waals surface area contributed by atoms with Crippen molar-refractivity contribution in [1.82, 2.24) is 10.2 Å². The van der Waals surface area contributed by atoms with E-state index in [2.05, 4.69) is 76.1 Å². The van der Waals surface area contributed by atoms with E-state index in [1.54, 1.807) is 6.92 Å². The van der Waals surface area contributed by atoms with Crippen LogP contribution in [-0.2, 0) is 4.79 Å². The molecule has 0 radical (unpaired) electrons. The lowest BCUT2D eigenvalue weighted by Crippen LogP contribution is -2.60. The number of ketones is 1. The third-order valence-corrected chi connectivity index (χ3v) is 6.42. The second-order valence-electron chi connectivity index (χ2n) is 9.95. The molecule has 0 aromatic heterocycles. The minimum Gasteiger partial charge on any atom is -0.311 e. The van der Waals surface area contributed by atoms with Gasteiger partial charge in [0.25, 0.3) is 0 Å². The predicted molar refractivity (Wildman–Crippen MR) is 141 cm³/mol. The molecule has 0 aliphatic carbocycles. The van der Waals surface area contributed by atoms with Crippen molar-refractivity contribution in [3.8, 4) is 0 Å². The Morgan fingerprint density at radius 1 is 0.844 bits per heavy atom. The van der Waals surface area contributed by atoms with Crippen LogP contribution in [-0.4, -0.2) is 42.4 Å². The zero-order chi connectivity index (χ0) is 23.9. The molecule has 0 spiro atoms. The van der Waals surface area contributed by atoms with Crippen LogP contribution >= 0.6 is 0 Å². The summed E-state index contributed by atoms with van der Waals surface area (Å²) in [5, 5.41) is 3.56. The maximum atomic E-state index is 12.3. The summed E-state index contributed by atoms with van der Waals surface area (Å²) < 4.78 is 0. The number of nitrogens with one attached hydrogen (secondary N) is 1. The highest BCUT2D eigenvalue weighted by Gasteiger charge is 2.33. The molecular formula is C29H50N2O. The smallest absolute Gasteiger partial charge is 0.148 e. The molecule has 1 aliphatic heterocycles. The van der Waals surface area contributed by atoms with Crippen LogP contribution in [0.5, 0.6) is 0 Å². The van der Waals surface area contributed by atoms with Crippen molar-refractivity contribution >= 4 is 5.78 Å². The van der Waals surface area contributed by atoms with Gasteiger partial charge >= 0.3 is 0 Å². The van der Waals surface area contributed by atoms with E-state index in [0.717, 1.165) is 64.6 Å². The zero-order valence-electron chi connectivity index (χ0n) is 22.1. The number of allylic oxidation sites excluding steroid dienone is 7. The van der Waals surface area contributed by atoms with Crippen LogP contribution in [0.25, 0.3) is 0 Å². The number of Topliss-reactive ketones (excluding diaryl/α,β-unsaturated/α-hetero) is 1. The van der Waals surface area contributed by atoms with Gasteiger partial charge in [-0.2, -0.15) is 0 Å². The SMILES string of the molecule is CCCC1NCCN(CC=C(C)CCC=C(C)CCC=C(C)CCC=C(C)C)C1C(C)=O. The lowest BCUT2D eigenvalue weighted by atomic mass is 9.95. The van der Waals surface area contributed by atoms with Crippen molar-refractivity contribution in [2.45, 2.75) is 112 Å². The quantitative estimate of drug-likeness (QED) is 0.290. The van der Waals surface area contributed by atoms with Gasteiger partial charge in [0, 0.05) is 25.7 Å². The van der Waals surface area contributed by atoms with Gasteiger partial charge in [0.2, 0.25) is 0 Å². The van der Waals surface area contributed by atoms with Crippen molar-refractivity contribution < 1.29 is 4.79 Å². The number of carbonyl (C=O) groups excluding carboxylic acids is 1. The van der Waals surface area contributed by atoms with Crippen LogP contribution in [0, 0.1) is 0 Å². The molecular weight excluding hydrogens is 392 g/mol. The lowest BCUT2D eigenvalue weighted by molar-refractivity contribution is -0.124. The fourth-order valence-corrected chi connectivity index (χ4v) is 4.48. The molecule has 0 bridgehead atoms. The van der Waals surface area contributed by atoms with Crippen molar-refractivity contribution in [1.29, 1.82) is 0 Å². The fraction of sp³-hybridized carbons (Fsp3) is 0.690. The van der Waals surface area contributed by atoms with E-state index in [1.165, 1.54) is 28.7 Å². The van der Waals surface area contributed by atoms with Gasteiger partial charge in [-0.05, 0) is 86.5 Å². The van der Waals surface area contributed by atoms with Gasteiger partial charge in [0.15, 0.2) is 0 Å². The largest absolute Gasteiger partial charge is 0.311 e. The van der Waals surface area contributed by atoms with E-state index in [4.69, 9.17) is 0 Å². The number of hydrogen-bond donors (Lipinski definition) is 1. The molecule has 3 heteroatoms. The topological polar surface area (TPSA) is 32.3 Å². The van der Waals surface area contributed by atoms with Crippen LogP contribution in [0.15, 0.2) is 46.6 Å². The maximum Gasteiger partial charge on any atom is 0.148 e. The molecule has 182 valence electrons. The van der Waals surface area contributed by atoms with Crippen LogP contribution in [0.3, 0.4) is 0 Å². The number of nitrogens with zero attached hydrogens (tertiary/aromatic N) is 1. The molecule has 1 N–H and O–H groups in total. The summed E-state index contributed by atoms with van der Waals surface area (Å²) in [7, 11) is 0. The maximum absolute atomic E-state index is 12.3. The average molecular weight is 443 g/mol. The minimum atomic E-state index is 0.0217. The highest BCUT2D eigenvalue weighted by atomic mass is 16.1. The van der Waals surface area contributed by atoms with Crippen LogP contribution in [0.1, 0.15) is 99.8 Å². The number of carbonyl (C=O) groups is 1. The fourth-order valence-electron chi connectivity index (χ4n) is 4.48. The first-order valence-corrected chi connectivity index (χ1v) is 12.8. The van der Waals surface area contributed by atoms with Crippen LogP contribution in [0.2, 0.25) is 0 Å². The number of piperazine rings is 1. The molecule has 2 atom stereocenters. The van der Waals surface area contributed by atoms with Crippen molar-refractivity contribution in [3.63, 3.8) is 0 Å². The Kier molecular flexibility index (Phi) is 14.5. The van der Waals surface area contributed by atoms with E-state index >= 15 is 0 Å². The summed E-state index contributed by atoms with van der Waals surface area (Å²) in [6.07, 6.45) is 18.5. The first kappa shape index (κ1) is 28.6.